The van der Waals surface area contributed by atoms with E-state index in [1.807, 2.05) is 0 Å². The average Bonchev–Trinajstić information content (AvgIpc) is 2.65. The maximum absolute atomic E-state index is 3.56. The van der Waals surface area contributed by atoms with Gasteiger partial charge < -0.3 is 5.32 Å². The van der Waals surface area contributed by atoms with Crippen molar-refractivity contribution in [3.63, 3.8) is 0 Å². The molecule has 3 atom stereocenters. The van der Waals surface area contributed by atoms with Gasteiger partial charge in [0.25, 0.3) is 0 Å². The molecule has 0 spiro atoms. The second-order valence-electron chi connectivity index (χ2n) is 6.17. The van der Waals surface area contributed by atoms with Gasteiger partial charge in [0.1, 0.15) is 0 Å². The molecule has 3 unspecified atom stereocenters. The van der Waals surface area contributed by atoms with E-state index in [1.54, 1.807) is 0 Å². The molecule has 1 heterocycles. The van der Waals surface area contributed by atoms with Gasteiger partial charge in [0.2, 0.25) is 0 Å². The molecule has 1 aliphatic heterocycles. The van der Waals surface area contributed by atoms with Crippen LogP contribution in [-0.2, 0) is 0 Å². The molecule has 0 aliphatic carbocycles. The Hall–Kier alpha value is -0.0800. The van der Waals surface area contributed by atoms with Crippen LogP contribution in [0.3, 0.4) is 0 Å². The van der Waals surface area contributed by atoms with E-state index in [9.17, 15) is 0 Å². The van der Waals surface area contributed by atoms with Gasteiger partial charge in [0.15, 0.2) is 0 Å². The lowest BCUT2D eigenvalue weighted by molar-refractivity contribution is 0.136. The summed E-state index contributed by atoms with van der Waals surface area (Å²) in [6.45, 7) is 14.0. The predicted octanol–water partition coefficient (Wildman–Crippen LogP) is 3.27. The third-order valence-electron chi connectivity index (χ3n) is 4.12. The van der Waals surface area contributed by atoms with E-state index in [4.69, 9.17) is 0 Å². The Kier molecular flexibility index (Phi) is 6.50. The van der Waals surface area contributed by atoms with Crippen LogP contribution in [0.15, 0.2) is 0 Å². The van der Waals surface area contributed by atoms with Gasteiger partial charge >= 0.3 is 0 Å². The van der Waals surface area contributed by atoms with Gasteiger partial charge in [-0.2, -0.15) is 0 Å². The highest BCUT2D eigenvalue weighted by molar-refractivity contribution is 4.87. The van der Waals surface area contributed by atoms with Gasteiger partial charge in [-0.3, -0.25) is 4.90 Å². The molecule has 1 aliphatic rings. The van der Waals surface area contributed by atoms with Crippen molar-refractivity contribution < 1.29 is 0 Å². The van der Waals surface area contributed by atoms with Crippen LogP contribution in [0.4, 0.5) is 0 Å². The summed E-state index contributed by atoms with van der Waals surface area (Å²) in [4.78, 5) is 2.76. The Morgan fingerprint density at radius 3 is 2.53 bits per heavy atom. The van der Waals surface area contributed by atoms with Gasteiger partial charge in [-0.25, -0.2) is 0 Å². The van der Waals surface area contributed by atoms with Crippen LogP contribution in [0.1, 0.15) is 60.3 Å². The topological polar surface area (TPSA) is 15.3 Å². The predicted molar refractivity (Wildman–Crippen MR) is 76.4 cm³/mol. The quantitative estimate of drug-likeness (QED) is 0.687. The number of hydrogen-bond acceptors (Lipinski definition) is 2. The maximum Gasteiger partial charge on any atom is 0.00988 e. The minimum absolute atomic E-state index is 0.733. The molecule has 0 aromatic heterocycles. The van der Waals surface area contributed by atoms with Crippen LogP contribution in [0, 0.1) is 5.92 Å². The fourth-order valence-corrected chi connectivity index (χ4v) is 3.15. The van der Waals surface area contributed by atoms with Gasteiger partial charge in [0, 0.05) is 18.1 Å². The first-order valence-corrected chi connectivity index (χ1v) is 7.54. The second-order valence-corrected chi connectivity index (χ2v) is 6.17. The van der Waals surface area contributed by atoms with Gasteiger partial charge in [-0.1, -0.05) is 20.8 Å². The molecule has 0 saturated carbocycles. The minimum atomic E-state index is 0.733. The highest BCUT2D eigenvalue weighted by atomic mass is 15.2. The van der Waals surface area contributed by atoms with Crippen molar-refractivity contribution in [3.05, 3.63) is 0 Å². The summed E-state index contributed by atoms with van der Waals surface area (Å²) in [5, 5.41) is 3.56. The lowest BCUT2D eigenvalue weighted by Gasteiger charge is -2.34. The highest BCUT2D eigenvalue weighted by Gasteiger charge is 2.32. The third kappa shape index (κ3) is 4.59. The Labute approximate surface area is 108 Å². The van der Waals surface area contributed by atoms with E-state index < -0.39 is 0 Å². The summed E-state index contributed by atoms with van der Waals surface area (Å²) in [5.41, 5.74) is 0. The van der Waals surface area contributed by atoms with E-state index in [0.717, 1.165) is 30.6 Å². The minimum Gasteiger partial charge on any atom is -0.316 e. The van der Waals surface area contributed by atoms with Crippen molar-refractivity contribution in [1.29, 1.82) is 0 Å². The van der Waals surface area contributed by atoms with Crippen LogP contribution < -0.4 is 5.32 Å². The van der Waals surface area contributed by atoms with Gasteiger partial charge in [0.05, 0.1) is 0 Å². The van der Waals surface area contributed by atoms with Crippen LogP contribution in [-0.4, -0.2) is 36.1 Å². The highest BCUT2D eigenvalue weighted by Crippen LogP contribution is 2.28. The Morgan fingerprint density at radius 1 is 1.24 bits per heavy atom. The van der Waals surface area contributed by atoms with Crippen molar-refractivity contribution in [3.8, 4) is 0 Å². The summed E-state index contributed by atoms with van der Waals surface area (Å²) in [7, 11) is 0. The van der Waals surface area contributed by atoms with E-state index in [2.05, 4.69) is 44.8 Å². The van der Waals surface area contributed by atoms with Crippen molar-refractivity contribution in [1.82, 2.24) is 10.2 Å². The lowest BCUT2D eigenvalue weighted by atomic mass is 10.1. The average molecular weight is 240 g/mol. The molecule has 17 heavy (non-hydrogen) atoms. The van der Waals surface area contributed by atoms with Crippen LogP contribution in [0.5, 0.6) is 0 Å². The first-order valence-electron chi connectivity index (χ1n) is 7.54. The molecule has 2 heteroatoms. The summed E-state index contributed by atoms with van der Waals surface area (Å²) in [6.07, 6.45) is 5.39. The monoisotopic (exact) mass is 240 g/mol. The lowest BCUT2D eigenvalue weighted by Crippen LogP contribution is -2.42. The molecule has 2 nitrogen and oxygen atoms in total. The third-order valence-corrected chi connectivity index (χ3v) is 4.12. The molecule has 0 bridgehead atoms. The molecule has 0 aromatic rings. The first-order chi connectivity index (χ1) is 8.06. The van der Waals surface area contributed by atoms with E-state index >= 15 is 0 Å². The molecule has 102 valence electrons. The Bertz CT molecular complexity index is 203. The summed E-state index contributed by atoms with van der Waals surface area (Å²) in [6, 6.07) is 2.36. The maximum atomic E-state index is 3.56. The normalized spacial score (nSPS) is 27.9. The molecule has 1 fully saturated rings. The zero-order chi connectivity index (χ0) is 12.8. The molecular formula is C15H32N2. The van der Waals surface area contributed by atoms with Crippen molar-refractivity contribution >= 4 is 0 Å². The Morgan fingerprint density at radius 2 is 1.94 bits per heavy atom. The number of hydrogen-bond donors (Lipinski definition) is 1. The SMILES string of the molecule is CCC1CCC(C)N1C(C)CCNCC(C)C. The first kappa shape index (κ1) is 15.0. The van der Waals surface area contributed by atoms with Gasteiger partial charge in [-0.15, -0.1) is 0 Å². The zero-order valence-corrected chi connectivity index (χ0v) is 12.5. The zero-order valence-electron chi connectivity index (χ0n) is 12.5. The standard InChI is InChI=1S/C15H32N2/c1-6-15-8-7-13(4)17(15)14(5)9-10-16-11-12(2)3/h12-16H,6-11H2,1-5H3. The van der Waals surface area contributed by atoms with Crippen LogP contribution in [0.2, 0.25) is 0 Å². The number of nitrogens with one attached hydrogen (secondary N) is 1. The second kappa shape index (κ2) is 7.38. The molecule has 1 saturated heterocycles. The molecule has 1 rings (SSSR count). The van der Waals surface area contributed by atoms with E-state index in [0.29, 0.717) is 0 Å². The number of nitrogens with zero attached hydrogens (tertiary/aromatic N) is 1. The molecule has 0 aromatic carbocycles. The van der Waals surface area contributed by atoms with Crippen LogP contribution in [0.25, 0.3) is 0 Å². The molecular weight excluding hydrogens is 208 g/mol. The molecule has 1 N–H and O–H groups in total. The number of rotatable bonds is 7. The fraction of sp³-hybridized carbons (Fsp3) is 1.00. The summed E-state index contributed by atoms with van der Waals surface area (Å²) >= 11 is 0. The van der Waals surface area contributed by atoms with Gasteiger partial charge in [-0.05, 0) is 58.5 Å². The van der Waals surface area contributed by atoms with Crippen molar-refractivity contribution in [2.75, 3.05) is 13.1 Å². The van der Waals surface area contributed by atoms with E-state index in [-0.39, 0.29) is 0 Å². The van der Waals surface area contributed by atoms with Crippen molar-refractivity contribution in [2.45, 2.75) is 78.4 Å². The molecule has 0 radical (unpaired) electrons. The van der Waals surface area contributed by atoms with E-state index in [1.165, 1.54) is 32.2 Å². The summed E-state index contributed by atoms with van der Waals surface area (Å²) in [5.74, 6) is 0.763. The summed E-state index contributed by atoms with van der Waals surface area (Å²) < 4.78 is 0. The number of likely N-dealkylation sites (tertiary alicyclic amines) is 1. The molecule has 0 amide bonds. The Balaban J connectivity index is 2.28. The fourth-order valence-electron chi connectivity index (χ4n) is 3.15. The smallest absolute Gasteiger partial charge is 0.00988 e. The largest absolute Gasteiger partial charge is 0.316 e. The van der Waals surface area contributed by atoms with Crippen LogP contribution >= 0.6 is 0 Å². The van der Waals surface area contributed by atoms with Crippen molar-refractivity contribution in [2.24, 2.45) is 5.92 Å².